The van der Waals surface area contributed by atoms with E-state index in [0.717, 1.165) is 37.5 Å². The number of hydrogen-bond donors (Lipinski definition) is 1. The molecule has 0 amide bonds. The van der Waals surface area contributed by atoms with Crippen LogP contribution < -0.4 is 5.73 Å². The zero-order valence-electron chi connectivity index (χ0n) is 19.4. The molecular formula is C26H44N2O. The summed E-state index contributed by atoms with van der Waals surface area (Å²) in [5.74, 6) is 2.95. The first-order valence-electron chi connectivity index (χ1n) is 12.5. The minimum atomic E-state index is -0.0423. The maximum absolute atomic E-state index is 11.2. The Morgan fingerprint density at radius 3 is 2.62 bits per heavy atom. The fourth-order valence-electron chi connectivity index (χ4n) is 8.47. The van der Waals surface area contributed by atoms with E-state index in [4.69, 9.17) is 5.73 Å². The summed E-state index contributed by atoms with van der Waals surface area (Å²) in [5.41, 5.74) is 9.52. The van der Waals surface area contributed by atoms with Gasteiger partial charge in [-0.2, -0.15) is 4.91 Å². The van der Waals surface area contributed by atoms with E-state index >= 15 is 0 Å². The monoisotopic (exact) mass is 400 g/mol. The highest BCUT2D eigenvalue weighted by Gasteiger charge is 2.63. The first kappa shape index (κ1) is 21.5. The van der Waals surface area contributed by atoms with Crippen LogP contribution in [0.1, 0.15) is 105 Å². The van der Waals surface area contributed by atoms with Crippen molar-refractivity contribution < 1.29 is 0 Å². The van der Waals surface area contributed by atoms with Gasteiger partial charge in [-0.05, 0) is 92.3 Å². The SMILES string of the molecule is CC(C)CCCCC1CCC2C1(C)CCC1C3(C)CCC(N=O)CC3=CCC12N. The Morgan fingerprint density at radius 2 is 1.90 bits per heavy atom. The fraction of sp³-hybridized carbons (Fsp3) is 0.923. The molecule has 2 N–H and O–H groups in total. The molecule has 0 aromatic rings. The van der Waals surface area contributed by atoms with Gasteiger partial charge in [-0.1, -0.05) is 63.8 Å². The molecule has 29 heavy (non-hydrogen) atoms. The molecule has 3 nitrogen and oxygen atoms in total. The standard InChI is InChI=1S/C26H44N2O/c1-18(2)7-5-6-8-19-9-10-22-24(19,3)15-13-23-25(4)14-12-21(28-29)17-20(25)11-16-26(22,23)27/h11,18-19,21-23H,5-10,12-17,27H2,1-4H3. The molecule has 0 aromatic heterocycles. The molecule has 0 bridgehead atoms. The second kappa shape index (κ2) is 7.77. The van der Waals surface area contributed by atoms with Crippen LogP contribution in [0.3, 0.4) is 0 Å². The fourth-order valence-corrected chi connectivity index (χ4v) is 8.47. The molecule has 7 unspecified atom stereocenters. The van der Waals surface area contributed by atoms with Crippen LogP contribution in [-0.2, 0) is 0 Å². The van der Waals surface area contributed by atoms with Gasteiger partial charge in [-0.15, -0.1) is 0 Å². The highest BCUT2D eigenvalue weighted by Crippen LogP contribution is 2.67. The van der Waals surface area contributed by atoms with E-state index in [1.807, 2.05) is 0 Å². The van der Waals surface area contributed by atoms with Gasteiger partial charge in [0, 0.05) is 5.54 Å². The molecule has 3 fully saturated rings. The van der Waals surface area contributed by atoms with Crippen LogP contribution in [-0.4, -0.2) is 11.6 Å². The molecule has 0 aromatic carbocycles. The van der Waals surface area contributed by atoms with Crippen molar-refractivity contribution in [1.82, 2.24) is 0 Å². The summed E-state index contributed by atoms with van der Waals surface area (Å²) in [4.78, 5) is 11.2. The van der Waals surface area contributed by atoms with Gasteiger partial charge in [0.15, 0.2) is 0 Å². The smallest absolute Gasteiger partial charge is 0.0957 e. The number of rotatable bonds is 6. The van der Waals surface area contributed by atoms with Crippen molar-refractivity contribution in [2.45, 2.75) is 116 Å². The summed E-state index contributed by atoms with van der Waals surface area (Å²) >= 11 is 0. The topological polar surface area (TPSA) is 55.5 Å². The van der Waals surface area contributed by atoms with Gasteiger partial charge in [0.05, 0.1) is 6.04 Å². The Labute approximate surface area is 178 Å². The zero-order chi connectivity index (χ0) is 20.9. The van der Waals surface area contributed by atoms with Crippen molar-refractivity contribution in [3.05, 3.63) is 16.6 Å². The summed E-state index contributed by atoms with van der Waals surface area (Å²) in [7, 11) is 0. The van der Waals surface area contributed by atoms with Gasteiger partial charge in [0.2, 0.25) is 0 Å². The number of nitrogens with two attached hydrogens (primary N) is 1. The minimum Gasteiger partial charge on any atom is -0.324 e. The summed E-state index contributed by atoms with van der Waals surface area (Å²) in [6.45, 7) is 9.75. The normalized spacial score (nSPS) is 46.6. The van der Waals surface area contributed by atoms with Crippen molar-refractivity contribution in [3.63, 3.8) is 0 Å². The van der Waals surface area contributed by atoms with E-state index in [1.54, 1.807) is 0 Å². The molecule has 3 saturated carbocycles. The van der Waals surface area contributed by atoms with Gasteiger partial charge >= 0.3 is 0 Å². The van der Waals surface area contributed by atoms with Crippen molar-refractivity contribution in [2.24, 2.45) is 45.4 Å². The Morgan fingerprint density at radius 1 is 1.10 bits per heavy atom. The lowest BCUT2D eigenvalue weighted by atomic mass is 9.44. The molecule has 0 saturated heterocycles. The molecule has 0 spiro atoms. The molecule has 164 valence electrons. The maximum atomic E-state index is 11.2. The Bertz CT molecular complexity index is 657. The van der Waals surface area contributed by atoms with Crippen LogP contribution in [0.15, 0.2) is 16.8 Å². The molecule has 3 heteroatoms. The van der Waals surface area contributed by atoms with E-state index in [-0.39, 0.29) is 17.0 Å². The first-order valence-corrected chi connectivity index (χ1v) is 12.5. The molecular weight excluding hydrogens is 356 g/mol. The number of nitroso groups, excluding NO2 is 1. The second-order valence-electron chi connectivity index (χ2n) is 12.1. The predicted octanol–water partition coefficient (Wildman–Crippen LogP) is 7.00. The molecule has 7 atom stereocenters. The quantitative estimate of drug-likeness (QED) is 0.296. The summed E-state index contributed by atoms with van der Waals surface area (Å²) in [5, 5.41) is 3.39. The van der Waals surface area contributed by atoms with Crippen LogP contribution in [0.5, 0.6) is 0 Å². The lowest BCUT2D eigenvalue weighted by molar-refractivity contribution is -0.0621. The third kappa shape index (κ3) is 3.44. The second-order valence-corrected chi connectivity index (χ2v) is 12.1. The molecule has 4 rings (SSSR count). The number of hydrogen-bond acceptors (Lipinski definition) is 3. The predicted molar refractivity (Wildman–Crippen MR) is 122 cm³/mol. The Hall–Kier alpha value is -0.700. The van der Waals surface area contributed by atoms with Crippen molar-refractivity contribution in [2.75, 3.05) is 0 Å². The first-order chi connectivity index (χ1) is 13.7. The van der Waals surface area contributed by atoms with Crippen LogP contribution in [0.25, 0.3) is 0 Å². The molecule has 0 radical (unpaired) electrons. The number of nitrogens with zero attached hydrogens (tertiary/aromatic N) is 1. The largest absolute Gasteiger partial charge is 0.324 e. The highest BCUT2D eigenvalue weighted by atomic mass is 16.3. The van der Waals surface area contributed by atoms with Crippen molar-refractivity contribution >= 4 is 0 Å². The van der Waals surface area contributed by atoms with Crippen molar-refractivity contribution in [1.29, 1.82) is 0 Å². The van der Waals surface area contributed by atoms with Gasteiger partial charge in [-0.3, -0.25) is 0 Å². The van der Waals surface area contributed by atoms with Crippen LogP contribution >= 0.6 is 0 Å². The molecule has 0 heterocycles. The van der Waals surface area contributed by atoms with Gasteiger partial charge in [-0.25, -0.2) is 0 Å². The van der Waals surface area contributed by atoms with E-state index < -0.39 is 0 Å². The van der Waals surface area contributed by atoms with Crippen molar-refractivity contribution in [3.8, 4) is 0 Å². The summed E-state index contributed by atoms with van der Waals surface area (Å²) in [6.07, 6.45) is 17.3. The van der Waals surface area contributed by atoms with E-state index in [0.29, 0.717) is 17.3 Å². The third-order valence-electron chi connectivity index (χ3n) is 10.2. The molecule has 4 aliphatic carbocycles. The lowest BCUT2D eigenvalue weighted by Gasteiger charge is -2.63. The lowest BCUT2D eigenvalue weighted by Crippen LogP contribution is -2.66. The number of fused-ring (bicyclic) bond motifs is 5. The summed E-state index contributed by atoms with van der Waals surface area (Å²) < 4.78 is 0. The summed E-state index contributed by atoms with van der Waals surface area (Å²) in [6, 6.07) is -0.00449. The van der Waals surface area contributed by atoms with Gasteiger partial charge < -0.3 is 5.73 Å². The van der Waals surface area contributed by atoms with E-state index in [9.17, 15) is 4.91 Å². The van der Waals surface area contributed by atoms with Crippen LogP contribution in [0, 0.1) is 39.4 Å². The Balaban J connectivity index is 1.52. The Kier molecular flexibility index (Phi) is 5.77. The van der Waals surface area contributed by atoms with Crippen LogP contribution in [0.4, 0.5) is 0 Å². The van der Waals surface area contributed by atoms with Gasteiger partial charge in [0.1, 0.15) is 0 Å². The maximum Gasteiger partial charge on any atom is 0.0957 e. The number of unbranched alkanes of at least 4 members (excludes halogenated alkanes) is 1. The molecule has 0 aliphatic heterocycles. The average Bonchev–Trinajstić information content (AvgIpc) is 3.02. The van der Waals surface area contributed by atoms with E-state index in [1.165, 1.54) is 56.9 Å². The highest BCUT2D eigenvalue weighted by molar-refractivity contribution is 5.30. The third-order valence-corrected chi connectivity index (χ3v) is 10.2. The zero-order valence-corrected chi connectivity index (χ0v) is 19.4. The average molecular weight is 401 g/mol. The molecule has 4 aliphatic rings. The van der Waals surface area contributed by atoms with E-state index in [2.05, 4.69) is 38.9 Å². The van der Waals surface area contributed by atoms with Crippen LogP contribution in [0.2, 0.25) is 0 Å². The minimum absolute atomic E-state index is 0.00449. The van der Waals surface area contributed by atoms with Gasteiger partial charge in [0.25, 0.3) is 0 Å².